The van der Waals surface area contributed by atoms with Crippen LogP contribution in [0.5, 0.6) is 0 Å². The lowest BCUT2D eigenvalue weighted by Gasteiger charge is -2.45. The first-order valence-electron chi connectivity index (χ1n) is 8.39. The molecule has 0 aliphatic carbocycles. The first-order chi connectivity index (χ1) is 10.2. The molecule has 0 radical (unpaired) electrons. The summed E-state index contributed by atoms with van der Waals surface area (Å²) in [6.07, 6.45) is 5.33. The number of carbonyl (C=O) groups excluding carboxylic acids is 1. The quantitative estimate of drug-likeness (QED) is 0.812. The topological polar surface area (TPSA) is 53.0 Å². The van der Waals surface area contributed by atoms with Gasteiger partial charge >= 0.3 is 0 Å². The van der Waals surface area contributed by atoms with Gasteiger partial charge < -0.3 is 19.6 Å². The van der Waals surface area contributed by atoms with Gasteiger partial charge in [-0.15, -0.1) is 0 Å². The summed E-state index contributed by atoms with van der Waals surface area (Å²) < 4.78 is 5.27. The number of rotatable bonds is 5. The maximum absolute atomic E-state index is 11.9. The van der Waals surface area contributed by atoms with Crippen LogP contribution in [0.4, 0.5) is 0 Å². The molecule has 3 heterocycles. The summed E-state index contributed by atoms with van der Waals surface area (Å²) >= 11 is 0. The van der Waals surface area contributed by atoms with E-state index in [0.29, 0.717) is 25.0 Å². The van der Waals surface area contributed by atoms with E-state index < -0.39 is 0 Å². The number of hydrogen-bond acceptors (Lipinski definition) is 4. The van der Waals surface area contributed by atoms with Crippen LogP contribution in [0.25, 0.3) is 0 Å². The van der Waals surface area contributed by atoms with Gasteiger partial charge in [-0.2, -0.15) is 0 Å². The molecule has 0 bridgehead atoms. The minimum Gasteiger partial charge on any atom is -0.396 e. The van der Waals surface area contributed by atoms with Gasteiger partial charge in [-0.1, -0.05) is 0 Å². The number of aliphatic hydroxyl groups excluding tert-OH is 1. The smallest absolute Gasteiger partial charge is 0.222 e. The van der Waals surface area contributed by atoms with E-state index in [4.69, 9.17) is 4.74 Å². The molecule has 3 rings (SSSR count). The molecule has 0 aromatic carbocycles. The molecule has 1 N–H and O–H groups in total. The van der Waals surface area contributed by atoms with Crippen molar-refractivity contribution in [1.29, 1.82) is 0 Å². The third-order valence-corrected chi connectivity index (χ3v) is 5.32. The molecule has 3 saturated heterocycles. The molecule has 5 heteroatoms. The Hall–Kier alpha value is -0.650. The van der Waals surface area contributed by atoms with Gasteiger partial charge in [0.1, 0.15) is 0 Å². The van der Waals surface area contributed by atoms with Crippen LogP contribution in [0, 0.1) is 11.3 Å². The number of ether oxygens (including phenoxy) is 1. The summed E-state index contributed by atoms with van der Waals surface area (Å²) in [5.74, 6) is 1.01. The van der Waals surface area contributed by atoms with Crippen molar-refractivity contribution in [3.63, 3.8) is 0 Å². The first kappa shape index (κ1) is 15.3. The molecule has 0 unspecified atom stereocenters. The molecular weight excluding hydrogens is 268 g/mol. The Labute approximate surface area is 127 Å². The Bertz CT molecular complexity index is 357. The Morgan fingerprint density at radius 1 is 1.19 bits per heavy atom. The fourth-order valence-corrected chi connectivity index (χ4v) is 3.79. The average Bonchev–Trinajstić information content (AvgIpc) is 2.47. The second-order valence-corrected chi connectivity index (χ2v) is 7.17. The van der Waals surface area contributed by atoms with Crippen molar-refractivity contribution < 1.29 is 14.6 Å². The van der Waals surface area contributed by atoms with Crippen LogP contribution in [0.15, 0.2) is 0 Å². The number of hydrogen-bond donors (Lipinski definition) is 1. The van der Waals surface area contributed by atoms with E-state index >= 15 is 0 Å². The number of nitrogens with zero attached hydrogens (tertiary/aromatic N) is 2. The summed E-state index contributed by atoms with van der Waals surface area (Å²) in [5.41, 5.74) is -0.00429. The SMILES string of the molecule is O=C1CCCCN1CC1CCN(CC2(CO)COC2)CC1. The molecule has 0 spiro atoms. The van der Waals surface area contributed by atoms with Gasteiger partial charge in [0.2, 0.25) is 5.91 Å². The van der Waals surface area contributed by atoms with Crippen LogP contribution >= 0.6 is 0 Å². The first-order valence-corrected chi connectivity index (χ1v) is 8.39. The van der Waals surface area contributed by atoms with Crippen LogP contribution in [-0.4, -0.2) is 73.4 Å². The molecule has 0 saturated carbocycles. The normalized spacial score (nSPS) is 27.7. The Morgan fingerprint density at radius 2 is 1.95 bits per heavy atom. The second kappa shape index (κ2) is 6.63. The highest BCUT2D eigenvalue weighted by molar-refractivity contribution is 5.76. The second-order valence-electron chi connectivity index (χ2n) is 7.17. The Balaban J connectivity index is 1.41. The summed E-state index contributed by atoms with van der Waals surface area (Å²) in [5, 5.41) is 9.51. The highest BCUT2D eigenvalue weighted by atomic mass is 16.5. The molecule has 3 fully saturated rings. The standard InChI is InChI=1S/C16H28N2O3/c19-11-16(12-21-13-16)10-17-7-4-14(5-8-17)9-18-6-2-1-3-15(18)20/h14,19H,1-13H2. The third-order valence-electron chi connectivity index (χ3n) is 5.32. The van der Waals surface area contributed by atoms with Crippen molar-refractivity contribution in [3.05, 3.63) is 0 Å². The van der Waals surface area contributed by atoms with E-state index in [1.165, 1.54) is 19.3 Å². The lowest BCUT2D eigenvalue weighted by atomic mass is 9.85. The minimum absolute atomic E-state index is 0.00429. The van der Waals surface area contributed by atoms with Crippen molar-refractivity contribution in [2.45, 2.75) is 32.1 Å². The van der Waals surface area contributed by atoms with Gasteiger partial charge in [0.25, 0.3) is 0 Å². The molecule has 0 aromatic rings. The lowest BCUT2D eigenvalue weighted by molar-refractivity contribution is -0.150. The lowest BCUT2D eigenvalue weighted by Crippen LogP contribution is -2.54. The van der Waals surface area contributed by atoms with Crippen molar-refractivity contribution >= 4 is 5.91 Å². The van der Waals surface area contributed by atoms with E-state index in [1.54, 1.807) is 0 Å². The van der Waals surface area contributed by atoms with Crippen molar-refractivity contribution in [3.8, 4) is 0 Å². The number of carbonyl (C=O) groups is 1. The molecule has 3 aliphatic heterocycles. The summed E-state index contributed by atoms with van der Waals surface area (Å²) in [7, 11) is 0. The van der Waals surface area contributed by atoms with Crippen LogP contribution in [0.3, 0.4) is 0 Å². The van der Waals surface area contributed by atoms with Gasteiger partial charge in [0.05, 0.1) is 25.2 Å². The van der Waals surface area contributed by atoms with Gasteiger partial charge in [-0.05, 0) is 44.7 Å². The van der Waals surface area contributed by atoms with E-state index in [1.807, 2.05) is 0 Å². The molecule has 21 heavy (non-hydrogen) atoms. The van der Waals surface area contributed by atoms with Gasteiger partial charge in [0.15, 0.2) is 0 Å². The minimum atomic E-state index is -0.00429. The molecule has 3 aliphatic rings. The zero-order valence-corrected chi connectivity index (χ0v) is 12.9. The average molecular weight is 296 g/mol. The Kier molecular flexibility index (Phi) is 4.82. The maximum atomic E-state index is 11.9. The monoisotopic (exact) mass is 296 g/mol. The van der Waals surface area contributed by atoms with Crippen molar-refractivity contribution in [1.82, 2.24) is 9.80 Å². The molecule has 5 nitrogen and oxygen atoms in total. The fraction of sp³-hybridized carbons (Fsp3) is 0.938. The number of amides is 1. The van der Waals surface area contributed by atoms with Crippen LogP contribution < -0.4 is 0 Å². The highest BCUT2D eigenvalue weighted by Crippen LogP contribution is 2.30. The molecule has 120 valence electrons. The summed E-state index contributed by atoms with van der Waals surface area (Å²) in [6, 6.07) is 0. The zero-order valence-electron chi connectivity index (χ0n) is 12.9. The molecule has 0 atom stereocenters. The molecule has 1 amide bonds. The predicted molar refractivity (Wildman–Crippen MR) is 79.9 cm³/mol. The zero-order chi connectivity index (χ0) is 14.7. The van der Waals surface area contributed by atoms with Gasteiger partial charge in [0, 0.05) is 26.1 Å². The molecule has 0 aromatic heterocycles. The van der Waals surface area contributed by atoms with Gasteiger partial charge in [-0.3, -0.25) is 4.79 Å². The van der Waals surface area contributed by atoms with Crippen LogP contribution in [-0.2, 0) is 9.53 Å². The number of likely N-dealkylation sites (tertiary alicyclic amines) is 2. The fourth-order valence-electron chi connectivity index (χ4n) is 3.79. The maximum Gasteiger partial charge on any atom is 0.222 e. The third kappa shape index (κ3) is 3.58. The van der Waals surface area contributed by atoms with Crippen LogP contribution in [0.2, 0.25) is 0 Å². The summed E-state index contributed by atoms with van der Waals surface area (Å²) in [6.45, 7) is 6.69. The van der Waals surface area contributed by atoms with E-state index in [-0.39, 0.29) is 12.0 Å². The largest absolute Gasteiger partial charge is 0.396 e. The summed E-state index contributed by atoms with van der Waals surface area (Å²) in [4.78, 5) is 16.4. The number of aliphatic hydroxyl groups is 1. The van der Waals surface area contributed by atoms with E-state index in [9.17, 15) is 9.90 Å². The molecular formula is C16H28N2O3. The van der Waals surface area contributed by atoms with E-state index in [2.05, 4.69) is 9.80 Å². The highest BCUT2D eigenvalue weighted by Gasteiger charge is 2.40. The van der Waals surface area contributed by atoms with Crippen molar-refractivity contribution in [2.24, 2.45) is 11.3 Å². The van der Waals surface area contributed by atoms with E-state index in [0.717, 1.165) is 45.6 Å². The Morgan fingerprint density at radius 3 is 2.52 bits per heavy atom. The van der Waals surface area contributed by atoms with Crippen LogP contribution in [0.1, 0.15) is 32.1 Å². The number of piperidine rings is 2. The van der Waals surface area contributed by atoms with Gasteiger partial charge in [-0.25, -0.2) is 0 Å². The van der Waals surface area contributed by atoms with Crippen molar-refractivity contribution in [2.75, 3.05) is 52.5 Å². The predicted octanol–water partition coefficient (Wildman–Crippen LogP) is 0.720.